The van der Waals surface area contributed by atoms with E-state index in [2.05, 4.69) is 31.8 Å². The van der Waals surface area contributed by atoms with Gasteiger partial charge < -0.3 is 4.74 Å². The van der Waals surface area contributed by atoms with E-state index in [1.807, 2.05) is 18.2 Å². The molecule has 0 aliphatic heterocycles. The first-order valence-corrected chi connectivity index (χ1v) is 6.49. The van der Waals surface area contributed by atoms with Crippen LogP contribution in [-0.4, -0.2) is 11.1 Å². The fraction of sp³-hybridized carbons (Fsp3) is 0.462. The molecule has 2 aromatic rings. The Morgan fingerprint density at radius 1 is 1.25 bits per heavy atom. The van der Waals surface area contributed by atoms with Crippen LogP contribution in [0.2, 0.25) is 0 Å². The fourth-order valence-electron chi connectivity index (χ4n) is 1.79. The van der Waals surface area contributed by atoms with E-state index in [0.717, 1.165) is 17.1 Å². The Morgan fingerprint density at radius 2 is 2.00 bits per heavy atom. The molecule has 1 atom stereocenters. The summed E-state index contributed by atoms with van der Waals surface area (Å²) in [6.07, 6.45) is 1.30. The summed E-state index contributed by atoms with van der Waals surface area (Å²) in [4.78, 5) is 4.46. The molecule has 2 rings (SSSR count). The van der Waals surface area contributed by atoms with Gasteiger partial charge in [0, 0.05) is 0 Å². The molecule has 0 fully saturated rings. The summed E-state index contributed by atoms with van der Waals surface area (Å²) >= 11 is 1.62. The predicted molar refractivity (Wildman–Crippen MR) is 69.2 cm³/mol. The number of hydrogen-bond acceptors (Lipinski definition) is 3. The van der Waals surface area contributed by atoms with Crippen molar-refractivity contribution in [2.45, 2.75) is 33.3 Å². The van der Waals surface area contributed by atoms with Crippen LogP contribution in [0.1, 0.15) is 27.2 Å². The van der Waals surface area contributed by atoms with Crippen LogP contribution in [0.25, 0.3) is 10.2 Å². The molecule has 0 saturated carbocycles. The molecule has 1 aromatic heterocycles. The second-order valence-electron chi connectivity index (χ2n) is 4.51. The third kappa shape index (κ3) is 2.73. The van der Waals surface area contributed by atoms with Gasteiger partial charge in [-0.25, -0.2) is 4.98 Å². The minimum atomic E-state index is 0.237. The lowest BCUT2D eigenvalue weighted by Gasteiger charge is -2.13. The molecule has 86 valence electrons. The Balaban J connectivity index is 2.09. The Hall–Kier alpha value is -1.09. The zero-order valence-electron chi connectivity index (χ0n) is 9.93. The summed E-state index contributed by atoms with van der Waals surface area (Å²) in [6.45, 7) is 6.52. The van der Waals surface area contributed by atoms with E-state index in [-0.39, 0.29) is 6.10 Å². The van der Waals surface area contributed by atoms with Crippen LogP contribution < -0.4 is 4.74 Å². The van der Waals surface area contributed by atoms with Gasteiger partial charge in [-0.2, -0.15) is 0 Å². The van der Waals surface area contributed by atoms with E-state index < -0.39 is 0 Å². The van der Waals surface area contributed by atoms with Gasteiger partial charge in [0.05, 0.1) is 16.3 Å². The molecule has 2 nitrogen and oxygen atoms in total. The van der Waals surface area contributed by atoms with Gasteiger partial charge >= 0.3 is 0 Å². The van der Waals surface area contributed by atoms with Crippen LogP contribution in [0.5, 0.6) is 5.19 Å². The molecule has 3 heteroatoms. The zero-order valence-corrected chi connectivity index (χ0v) is 10.8. The van der Waals surface area contributed by atoms with Crippen LogP contribution in [0.3, 0.4) is 0 Å². The summed E-state index contributed by atoms with van der Waals surface area (Å²) in [6, 6.07) is 8.13. The number of thiazole rings is 1. The van der Waals surface area contributed by atoms with Crippen LogP contribution in [-0.2, 0) is 0 Å². The van der Waals surface area contributed by atoms with Crippen molar-refractivity contribution < 1.29 is 4.74 Å². The third-order valence-corrected chi connectivity index (χ3v) is 3.31. The average Bonchev–Trinajstić information content (AvgIpc) is 2.57. The lowest BCUT2D eigenvalue weighted by molar-refractivity contribution is 0.193. The number of para-hydroxylation sites is 1. The molecule has 16 heavy (non-hydrogen) atoms. The number of hydrogen-bond donors (Lipinski definition) is 0. The summed E-state index contributed by atoms with van der Waals surface area (Å²) < 4.78 is 7.01. The maximum Gasteiger partial charge on any atom is 0.274 e. The quantitative estimate of drug-likeness (QED) is 0.795. The summed E-state index contributed by atoms with van der Waals surface area (Å²) in [7, 11) is 0. The fourth-order valence-corrected chi connectivity index (χ4v) is 2.69. The molecule has 0 amide bonds. The van der Waals surface area contributed by atoms with Crippen molar-refractivity contribution in [2.24, 2.45) is 5.92 Å². The van der Waals surface area contributed by atoms with Crippen molar-refractivity contribution >= 4 is 21.6 Å². The van der Waals surface area contributed by atoms with Crippen LogP contribution in [0.4, 0.5) is 0 Å². The Morgan fingerprint density at radius 3 is 2.69 bits per heavy atom. The highest BCUT2D eigenvalue weighted by Crippen LogP contribution is 2.28. The molecule has 0 aliphatic carbocycles. The zero-order chi connectivity index (χ0) is 11.5. The molecule has 0 aliphatic rings. The highest BCUT2D eigenvalue weighted by atomic mass is 32.1. The van der Waals surface area contributed by atoms with Crippen molar-refractivity contribution in [3.05, 3.63) is 24.3 Å². The smallest absolute Gasteiger partial charge is 0.274 e. The molecule has 0 saturated heterocycles. The monoisotopic (exact) mass is 235 g/mol. The summed E-state index contributed by atoms with van der Waals surface area (Å²) in [5, 5.41) is 0.786. The first kappa shape index (κ1) is 11.4. The molecular weight excluding hydrogens is 218 g/mol. The van der Waals surface area contributed by atoms with Crippen molar-refractivity contribution in [1.29, 1.82) is 0 Å². The first-order chi connectivity index (χ1) is 7.65. The van der Waals surface area contributed by atoms with Gasteiger partial charge in [-0.05, 0) is 31.4 Å². The molecule has 0 N–H and O–H groups in total. The third-order valence-electron chi connectivity index (χ3n) is 2.38. The van der Waals surface area contributed by atoms with Gasteiger partial charge in [0.1, 0.15) is 0 Å². The number of ether oxygens (including phenoxy) is 1. The molecule has 0 bridgehead atoms. The molecular formula is C13H17NOS. The van der Waals surface area contributed by atoms with E-state index in [0.29, 0.717) is 5.92 Å². The molecule has 0 spiro atoms. The molecule has 0 radical (unpaired) electrons. The average molecular weight is 235 g/mol. The molecule has 1 heterocycles. The highest BCUT2D eigenvalue weighted by molar-refractivity contribution is 7.20. The normalized spacial score (nSPS) is 13.2. The number of benzene rings is 1. The van der Waals surface area contributed by atoms with Crippen LogP contribution in [0, 0.1) is 5.92 Å². The Kier molecular flexibility index (Phi) is 3.44. The molecule has 1 aromatic carbocycles. The van der Waals surface area contributed by atoms with Gasteiger partial charge in [-0.1, -0.05) is 37.3 Å². The first-order valence-electron chi connectivity index (χ1n) is 5.67. The van der Waals surface area contributed by atoms with Crippen LogP contribution >= 0.6 is 11.3 Å². The highest BCUT2D eigenvalue weighted by Gasteiger charge is 2.10. The van der Waals surface area contributed by atoms with Crippen molar-refractivity contribution in [3.8, 4) is 5.19 Å². The van der Waals surface area contributed by atoms with Crippen molar-refractivity contribution in [2.75, 3.05) is 0 Å². The summed E-state index contributed by atoms with van der Waals surface area (Å²) in [5.41, 5.74) is 1.03. The van der Waals surface area contributed by atoms with Gasteiger partial charge in [0.15, 0.2) is 0 Å². The minimum absolute atomic E-state index is 0.237. The Bertz CT molecular complexity index is 431. The lowest BCUT2D eigenvalue weighted by atomic mass is 10.1. The summed E-state index contributed by atoms with van der Waals surface area (Å²) in [5.74, 6) is 0.657. The van der Waals surface area contributed by atoms with Crippen LogP contribution in [0.15, 0.2) is 24.3 Å². The van der Waals surface area contributed by atoms with Gasteiger partial charge in [0.2, 0.25) is 0 Å². The maximum atomic E-state index is 5.82. The van der Waals surface area contributed by atoms with E-state index >= 15 is 0 Å². The van der Waals surface area contributed by atoms with Gasteiger partial charge in [0.25, 0.3) is 5.19 Å². The number of rotatable bonds is 4. The predicted octanol–water partition coefficient (Wildman–Crippen LogP) is 4.11. The largest absolute Gasteiger partial charge is 0.467 e. The number of nitrogens with zero attached hydrogens (tertiary/aromatic N) is 1. The van der Waals surface area contributed by atoms with Crippen molar-refractivity contribution in [1.82, 2.24) is 4.98 Å². The maximum absolute atomic E-state index is 5.82. The van der Waals surface area contributed by atoms with Gasteiger partial charge in [-0.15, -0.1) is 0 Å². The number of fused-ring (bicyclic) bond motifs is 1. The second kappa shape index (κ2) is 4.83. The second-order valence-corrected chi connectivity index (χ2v) is 5.50. The van der Waals surface area contributed by atoms with Gasteiger partial charge in [-0.3, -0.25) is 0 Å². The van der Waals surface area contributed by atoms with E-state index in [1.165, 1.54) is 4.70 Å². The van der Waals surface area contributed by atoms with E-state index in [1.54, 1.807) is 11.3 Å². The van der Waals surface area contributed by atoms with Crippen molar-refractivity contribution in [3.63, 3.8) is 0 Å². The van der Waals surface area contributed by atoms with E-state index in [4.69, 9.17) is 4.74 Å². The standard InChI is InChI=1S/C13H17NOS/c1-9(2)8-10(3)15-13-14-11-6-4-5-7-12(11)16-13/h4-7,9-10H,8H2,1-3H3. The molecule has 1 unspecified atom stereocenters. The number of aromatic nitrogens is 1. The lowest BCUT2D eigenvalue weighted by Crippen LogP contribution is -2.14. The minimum Gasteiger partial charge on any atom is -0.467 e. The Labute approximate surface area is 100 Å². The van der Waals surface area contributed by atoms with E-state index in [9.17, 15) is 0 Å². The SMILES string of the molecule is CC(C)CC(C)Oc1nc2ccccc2s1. The topological polar surface area (TPSA) is 22.1 Å².